The van der Waals surface area contributed by atoms with E-state index in [1.807, 2.05) is 19.1 Å². The lowest BCUT2D eigenvalue weighted by molar-refractivity contribution is -0.126. The molecule has 0 aliphatic carbocycles. The molecule has 3 unspecified atom stereocenters. The van der Waals surface area contributed by atoms with E-state index in [1.165, 1.54) is 4.80 Å². The predicted molar refractivity (Wildman–Crippen MR) is 103 cm³/mol. The summed E-state index contributed by atoms with van der Waals surface area (Å²) in [5, 5.41) is 19.7. The van der Waals surface area contributed by atoms with E-state index >= 15 is 0 Å². The molecule has 26 heavy (non-hydrogen) atoms. The molecule has 2 aromatic rings. The van der Waals surface area contributed by atoms with Crippen LogP contribution in [0.5, 0.6) is 0 Å². The molecule has 0 radical (unpaired) electrons. The van der Waals surface area contributed by atoms with Crippen LogP contribution in [0.2, 0.25) is 5.02 Å². The van der Waals surface area contributed by atoms with Crippen molar-refractivity contribution < 1.29 is 4.79 Å². The highest BCUT2D eigenvalue weighted by Gasteiger charge is 2.26. The maximum atomic E-state index is 12.7. The number of aromatic nitrogens is 4. The molecule has 0 saturated carbocycles. The molecular weight excluding hydrogens is 375 g/mol. The number of hydrogen-bond acceptors (Lipinski definition) is 5. The van der Waals surface area contributed by atoms with Gasteiger partial charge >= 0.3 is 0 Å². The molecule has 1 saturated heterocycles. The molecule has 1 aliphatic rings. The minimum Gasteiger partial charge on any atom is -0.351 e. The first-order valence-corrected chi connectivity index (χ1v) is 9.03. The van der Waals surface area contributed by atoms with Crippen LogP contribution in [-0.4, -0.2) is 44.7 Å². The fourth-order valence-corrected chi connectivity index (χ4v) is 3.21. The van der Waals surface area contributed by atoms with E-state index in [1.54, 1.807) is 12.1 Å². The van der Waals surface area contributed by atoms with Gasteiger partial charge in [-0.05, 0) is 62.2 Å². The van der Waals surface area contributed by atoms with Gasteiger partial charge in [0.1, 0.15) is 0 Å². The molecule has 0 bridgehead atoms. The number of carbonyl (C=O) groups is 1. The molecule has 1 aromatic carbocycles. The zero-order chi connectivity index (χ0) is 17.8. The van der Waals surface area contributed by atoms with E-state index in [4.69, 9.17) is 11.6 Å². The van der Waals surface area contributed by atoms with Crippen LogP contribution in [0.1, 0.15) is 39.2 Å². The first kappa shape index (κ1) is 20.6. The average Bonchev–Trinajstić information content (AvgIpc) is 3.06. The van der Waals surface area contributed by atoms with Gasteiger partial charge in [0, 0.05) is 22.7 Å². The number of nitrogens with one attached hydrogen (secondary N) is 2. The van der Waals surface area contributed by atoms with Crippen molar-refractivity contribution in [2.75, 3.05) is 6.54 Å². The number of carbonyl (C=O) groups excluding carboxylic acids is 1. The van der Waals surface area contributed by atoms with Crippen molar-refractivity contribution in [2.24, 2.45) is 0 Å². The lowest BCUT2D eigenvalue weighted by Gasteiger charge is -2.29. The molecule has 142 valence electrons. The van der Waals surface area contributed by atoms with Gasteiger partial charge in [0.2, 0.25) is 11.7 Å². The minimum absolute atomic E-state index is 0. The fourth-order valence-electron chi connectivity index (χ4n) is 3.09. The number of amides is 1. The normalized spacial score (nSPS) is 20.9. The third kappa shape index (κ3) is 4.93. The average molecular weight is 399 g/mol. The van der Waals surface area contributed by atoms with Gasteiger partial charge in [-0.25, -0.2) is 0 Å². The number of benzene rings is 1. The van der Waals surface area contributed by atoms with Crippen molar-refractivity contribution in [3.63, 3.8) is 0 Å². The molecule has 1 amide bonds. The molecule has 7 nitrogen and oxygen atoms in total. The summed E-state index contributed by atoms with van der Waals surface area (Å²) in [5.41, 5.74) is 0.818. The van der Waals surface area contributed by atoms with Crippen LogP contribution < -0.4 is 10.6 Å². The second-order valence-electron chi connectivity index (χ2n) is 6.45. The fraction of sp³-hybridized carbons (Fsp3) is 0.529. The maximum Gasteiger partial charge on any atom is 0.247 e. The number of piperidine rings is 1. The molecule has 1 fully saturated rings. The van der Waals surface area contributed by atoms with Crippen molar-refractivity contribution in [3.05, 3.63) is 29.3 Å². The number of halogens is 2. The van der Waals surface area contributed by atoms with Gasteiger partial charge < -0.3 is 10.6 Å². The quantitative estimate of drug-likeness (QED) is 0.808. The van der Waals surface area contributed by atoms with Gasteiger partial charge in [-0.3, -0.25) is 4.79 Å². The Balaban J connectivity index is 0.00000243. The smallest absolute Gasteiger partial charge is 0.247 e. The summed E-state index contributed by atoms with van der Waals surface area (Å²) in [5.74, 6) is 0.431. The third-order valence-corrected chi connectivity index (χ3v) is 4.72. The highest BCUT2D eigenvalue weighted by molar-refractivity contribution is 6.30. The van der Waals surface area contributed by atoms with Crippen molar-refractivity contribution in [3.8, 4) is 11.4 Å². The Bertz CT molecular complexity index is 720. The van der Waals surface area contributed by atoms with E-state index in [-0.39, 0.29) is 24.4 Å². The lowest BCUT2D eigenvalue weighted by atomic mass is 10.00. The zero-order valence-corrected chi connectivity index (χ0v) is 16.4. The second-order valence-corrected chi connectivity index (χ2v) is 6.89. The molecule has 0 spiro atoms. The van der Waals surface area contributed by atoms with Crippen molar-refractivity contribution >= 4 is 29.9 Å². The third-order valence-electron chi connectivity index (χ3n) is 4.47. The van der Waals surface area contributed by atoms with Crippen molar-refractivity contribution in [1.82, 2.24) is 30.8 Å². The molecule has 2 N–H and O–H groups in total. The number of tetrazole rings is 1. The zero-order valence-electron chi connectivity index (χ0n) is 14.9. The van der Waals surface area contributed by atoms with Crippen molar-refractivity contribution in [1.29, 1.82) is 0 Å². The van der Waals surface area contributed by atoms with Crippen molar-refractivity contribution in [2.45, 2.75) is 51.2 Å². The van der Waals surface area contributed by atoms with Gasteiger partial charge in [-0.2, -0.15) is 4.80 Å². The Labute approximate surface area is 164 Å². The molecule has 3 atom stereocenters. The van der Waals surface area contributed by atoms with E-state index in [9.17, 15) is 4.79 Å². The van der Waals surface area contributed by atoms with Gasteiger partial charge in [-0.1, -0.05) is 18.5 Å². The maximum absolute atomic E-state index is 12.7. The summed E-state index contributed by atoms with van der Waals surface area (Å²) in [6.07, 6.45) is 2.47. The summed E-state index contributed by atoms with van der Waals surface area (Å²) in [7, 11) is 0. The van der Waals surface area contributed by atoms with E-state index in [0.29, 0.717) is 23.3 Å². The molecule has 9 heteroatoms. The first-order valence-electron chi connectivity index (χ1n) is 8.66. The van der Waals surface area contributed by atoms with Crippen LogP contribution in [0.3, 0.4) is 0 Å². The summed E-state index contributed by atoms with van der Waals surface area (Å²) >= 11 is 5.90. The molecule has 1 aromatic heterocycles. The second kappa shape index (κ2) is 9.30. The van der Waals surface area contributed by atoms with Crippen LogP contribution in [0.25, 0.3) is 11.4 Å². The number of nitrogens with zero attached hydrogens (tertiary/aromatic N) is 4. The largest absolute Gasteiger partial charge is 0.351 e. The minimum atomic E-state index is -0.459. The predicted octanol–water partition coefficient (Wildman–Crippen LogP) is 2.62. The van der Waals surface area contributed by atoms with Crippen LogP contribution in [0, 0.1) is 0 Å². The Morgan fingerprint density at radius 1 is 1.42 bits per heavy atom. The highest BCUT2D eigenvalue weighted by atomic mass is 35.5. The van der Waals surface area contributed by atoms with Gasteiger partial charge in [0.05, 0.1) is 0 Å². The summed E-state index contributed by atoms with van der Waals surface area (Å²) in [6, 6.07) is 7.37. The van der Waals surface area contributed by atoms with Crippen LogP contribution in [0.15, 0.2) is 24.3 Å². The SMILES string of the molecule is CCC(C(=O)NC1CCNC(C)C1)n1nnc(-c2ccc(Cl)cc2)n1.Cl. The Kier molecular flexibility index (Phi) is 7.37. The summed E-state index contributed by atoms with van der Waals surface area (Å²) in [6.45, 7) is 5.00. The standard InChI is InChI=1S/C17H23ClN6O.ClH/c1-3-15(17(25)20-14-8-9-19-11(2)10-14)24-22-16(21-23-24)12-4-6-13(18)7-5-12;/h4-7,11,14-15,19H,3,8-10H2,1-2H3,(H,20,25);1H. The lowest BCUT2D eigenvalue weighted by Crippen LogP contribution is -2.48. The van der Waals surface area contributed by atoms with Gasteiger partial charge in [0.25, 0.3) is 0 Å². The molecule has 2 heterocycles. The van der Waals surface area contributed by atoms with Crippen LogP contribution in [0.4, 0.5) is 0 Å². The topological polar surface area (TPSA) is 84.7 Å². The number of hydrogen-bond donors (Lipinski definition) is 2. The van der Waals surface area contributed by atoms with E-state index in [0.717, 1.165) is 24.9 Å². The van der Waals surface area contributed by atoms with Gasteiger partial charge in [0.15, 0.2) is 6.04 Å². The Morgan fingerprint density at radius 2 is 2.15 bits per heavy atom. The Morgan fingerprint density at radius 3 is 2.81 bits per heavy atom. The van der Waals surface area contributed by atoms with Crippen LogP contribution in [-0.2, 0) is 4.79 Å². The molecular formula is C17H24Cl2N6O. The van der Waals surface area contributed by atoms with Crippen LogP contribution >= 0.6 is 24.0 Å². The first-order chi connectivity index (χ1) is 12.1. The number of rotatable bonds is 5. The monoisotopic (exact) mass is 398 g/mol. The summed E-state index contributed by atoms with van der Waals surface area (Å²) < 4.78 is 0. The van der Waals surface area contributed by atoms with Gasteiger partial charge in [-0.15, -0.1) is 22.6 Å². The summed E-state index contributed by atoms with van der Waals surface area (Å²) in [4.78, 5) is 14.1. The van der Waals surface area contributed by atoms with E-state index in [2.05, 4.69) is 33.0 Å². The Hall–Kier alpha value is -1.70. The molecule has 1 aliphatic heterocycles. The van der Waals surface area contributed by atoms with E-state index < -0.39 is 6.04 Å². The molecule has 3 rings (SSSR count). The highest BCUT2D eigenvalue weighted by Crippen LogP contribution is 2.19.